The van der Waals surface area contributed by atoms with Crippen LogP contribution in [-0.4, -0.2) is 11.1 Å². The molecule has 0 aliphatic carbocycles. The number of rotatable bonds is 2. The average molecular weight is 137 g/mol. The molecule has 1 radical (unpaired) electrons. The molecule has 0 aliphatic heterocycles. The molecule has 0 saturated heterocycles. The molecule has 1 N–H and O–H groups in total. The fraction of sp³-hybridized carbons (Fsp3) is 0.143. The number of hydrogen-bond acceptors (Lipinski definition) is 1. The highest BCUT2D eigenvalue weighted by molar-refractivity contribution is 5.64. The molecular formula is C7H7NO2+. The molecule has 0 spiro atoms. The fourth-order valence-electron chi connectivity index (χ4n) is 0.645. The first-order chi connectivity index (χ1) is 4.79. The van der Waals surface area contributed by atoms with Crippen LogP contribution in [0.15, 0.2) is 24.5 Å². The molecule has 1 aromatic heterocycles. The second-order valence-electron chi connectivity index (χ2n) is 1.87. The van der Waals surface area contributed by atoms with Crippen molar-refractivity contribution in [2.75, 3.05) is 0 Å². The number of aliphatic carboxylic acids is 1. The summed E-state index contributed by atoms with van der Waals surface area (Å²) >= 11 is 0. The van der Waals surface area contributed by atoms with Gasteiger partial charge in [0.05, 0.1) is 6.07 Å². The summed E-state index contributed by atoms with van der Waals surface area (Å²) in [5, 5.41) is 8.33. The Balaban J connectivity index is 2.67. The van der Waals surface area contributed by atoms with Gasteiger partial charge in [-0.1, -0.05) is 0 Å². The molecule has 1 aromatic rings. The molecular weight excluding hydrogens is 130 g/mol. The Kier molecular flexibility index (Phi) is 1.99. The minimum atomic E-state index is -0.843. The minimum absolute atomic E-state index is 0.00264. The Morgan fingerprint density at radius 3 is 3.00 bits per heavy atom. The molecule has 0 aromatic carbocycles. The highest BCUT2D eigenvalue weighted by atomic mass is 16.4. The number of carboxylic acids is 1. The lowest BCUT2D eigenvalue weighted by Gasteiger charge is -1.87. The lowest BCUT2D eigenvalue weighted by molar-refractivity contribution is -0.686. The third kappa shape index (κ3) is 1.85. The molecule has 10 heavy (non-hydrogen) atoms. The minimum Gasteiger partial charge on any atom is -0.477 e. The van der Waals surface area contributed by atoms with Gasteiger partial charge in [-0.25, -0.2) is 4.79 Å². The summed E-state index contributed by atoms with van der Waals surface area (Å²) in [6.45, 7) is -0.00264. The van der Waals surface area contributed by atoms with Crippen molar-refractivity contribution in [1.82, 2.24) is 0 Å². The van der Waals surface area contributed by atoms with E-state index in [-0.39, 0.29) is 6.54 Å². The first-order valence-electron chi connectivity index (χ1n) is 2.86. The zero-order chi connectivity index (χ0) is 7.40. The summed E-state index contributed by atoms with van der Waals surface area (Å²) in [6.07, 6.45) is 3.28. The van der Waals surface area contributed by atoms with E-state index in [1.165, 1.54) is 0 Å². The Bertz CT molecular complexity index is 220. The lowest BCUT2D eigenvalue weighted by Crippen LogP contribution is -2.36. The Morgan fingerprint density at radius 2 is 2.50 bits per heavy atom. The highest BCUT2D eigenvalue weighted by Gasteiger charge is 2.03. The molecule has 0 aliphatic rings. The predicted octanol–water partition coefficient (Wildman–Crippen LogP) is -0.141. The summed E-state index contributed by atoms with van der Waals surface area (Å²) in [5.74, 6) is -0.843. The number of carbonyl (C=O) groups is 1. The van der Waals surface area contributed by atoms with Gasteiger partial charge in [-0.15, -0.1) is 0 Å². The molecule has 1 rings (SSSR count). The van der Waals surface area contributed by atoms with E-state index in [0.29, 0.717) is 0 Å². The Labute approximate surface area is 58.5 Å². The van der Waals surface area contributed by atoms with Crippen LogP contribution in [0.5, 0.6) is 0 Å². The van der Waals surface area contributed by atoms with Crippen LogP contribution in [0.4, 0.5) is 0 Å². The Morgan fingerprint density at radius 1 is 1.70 bits per heavy atom. The van der Waals surface area contributed by atoms with E-state index in [1.807, 2.05) is 0 Å². The van der Waals surface area contributed by atoms with Crippen molar-refractivity contribution in [2.24, 2.45) is 0 Å². The molecule has 0 atom stereocenters. The number of hydrogen-bond donors (Lipinski definition) is 1. The van der Waals surface area contributed by atoms with Crippen LogP contribution in [0, 0.1) is 6.07 Å². The van der Waals surface area contributed by atoms with Crippen LogP contribution < -0.4 is 4.57 Å². The lowest BCUT2D eigenvalue weighted by atomic mass is 10.5. The average Bonchev–Trinajstić information content (AvgIpc) is 1.88. The molecule has 0 fully saturated rings. The first-order valence-corrected chi connectivity index (χ1v) is 2.86. The van der Waals surface area contributed by atoms with E-state index in [9.17, 15) is 4.79 Å². The molecule has 1 heterocycles. The normalized spacial score (nSPS) is 9.20. The van der Waals surface area contributed by atoms with Crippen molar-refractivity contribution >= 4 is 5.97 Å². The van der Waals surface area contributed by atoms with Gasteiger partial charge in [-0.3, -0.25) is 0 Å². The van der Waals surface area contributed by atoms with Crippen LogP contribution in [0.25, 0.3) is 0 Å². The number of aromatic nitrogens is 1. The van der Waals surface area contributed by atoms with E-state index in [0.717, 1.165) is 0 Å². The standard InChI is InChI=1S/C7H6NO2/c9-7(10)6-8-4-2-1-3-5-8/h1-2,4-5H,6H2/p+1. The van der Waals surface area contributed by atoms with Gasteiger partial charge in [0.15, 0.2) is 12.4 Å². The maximum Gasteiger partial charge on any atom is 0.370 e. The van der Waals surface area contributed by atoms with Crippen molar-refractivity contribution in [3.8, 4) is 0 Å². The monoisotopic (exact) mass is 137 g/mol. The van der Waals surface area contributed by atoms with Crippen molar-refractivity contribution in [1.29, 1.82) is 0 Å². The molecule has 3 nitrogen and oxygen atoms in total. The largest absolute Gasteiger partial charge is 0.477 e. The summed E-state index contributed by atoms with van der Waals surface area (Å²) in [7, 11) is 0. The van der Waals surface area contributed by atoms with Gasteiger partial charge in [0.1, 0.15) is 0 Å². The second kappa shape index (κ2) is 2.96. The van der Waals surface area contributed by atoms with Crippen molar-refractivity contribution in [2.45, 2.75) is 6.54 Å². The zero-order valence-electron chi connectivity index (χ0n) is 5.32. The van der Waals surface area contributed by atoms with E-state index < -0.39 is 5.97 Å². The quantitative estimate of drug-likeness (QED) is 0.576. The molecule has 0 amide bonds. The van der Waals surface area contributed by atoms with E-state index in [1.54, 1.807) is 29.1 Å². The predicted molar refractivity (Wildman–Crippen MR) is 33.1 cm³/mol. The van der Waals surface area contributed by atoms with Crippen molar-refractivity contribution in [3.63, 3.8) is 0 Å². The maximum atomic E-state index is 10.1. The smallest absolute Gasteiger partial charge is 0.370 e. The Hall–Kier alpha value is -1.38. The maximum absolute atomic E-state index is 10.1. The second-order valence-corrected chi connectivity index (χ2v) is 1.87. The van der Waals surface area contributed by atoms with E-state index in [4.69, 9.17) is 5.11 Å². The first kappa shape index (κ1) is 6.74. The summed E-state index contributed by atoms with van der Waals surface area (Å²) in [6, 6.07) is 6.23. The fourth-order valence-corrected chi connectivity index (χ4v) is 0.645. The molecule has 3 heteroatoms. The molecule has 51 valence electrons. The number of nitrogens with zero attached hydrogens (tertiary/aromatic N) is 1. The third-order valence-corrected chi connectivity index (χ3v) is 1.03. The van der Waals surface area contributed by atoms with Gasteiger partial charge in [0.25, 0.3) is 0 Å². The van der Waals surface area contributed by atoms with Crippen molar-refractivity contribution < 1.29 is 14.5 Å². The van der Waals surface area contributed by atoms with Gasteiger partial charge in [-0.2, -0.15) is 4.57 Å². The van der Waals surface area contributed by atoms with Crippen LogP contribution in [0.3, 0.4) is 0 Å². The van der Waals surface area contributed by atoms with E-state index in [2.05, 4.69) is 6.07 Å². The van der Waals surface area contributed by atoms with Crippen LogP contribution >= 0.6 is 0 Å². The topological polar surface area (TPSA) is 41.2 Å². The highest BCUT2D eigenvalue weighted by Crippen LogP contribution is 1.74. The summed E-state index contributed by atoms with van der Waals surface area (Å²) in [4.78, 5) is 10.1. The van der Waals surface area contributed by atoms with E-state index >= 15 is 0 Å². The van der Waals surface area contributed by atoms with Gasteiger partial charge in [0.2, 0.25) is 6.54 Å². The number of pyridine rings is 1. The molecule has 0 saturated carbocycles. The summed E-state index contributed by atoms with van der Waals surface area (Å²) < 4.78 is 1.54. The third-order valence-electron chi connectivity index (χ3n) is 1.03. The van der Waals surface area contributed by atoms with Crippen molar-refractivity contribution in [3.05, 3.63) is 30.6 Å². The van der Waals surface area contributed by atoms with Gasteiger partial charge in [0, 0.05) is 6.07 Å². The zero-order valence-corrected chi connectivity index (χ0v) is 5.32. The van der Waals surface area contributed by atoms with Crippen LogP contribution in [0.2, 0.25) is 0 Å². The number of carboxylic acid groups (broad SMARTS) is 1. The summed E-state index contributed by atoms with van der Waals surface area (Å²) in [5.41, 5.74) is 0. The van der Waals surface area contributed by atoms with Crippen LogP contribution in [0.1, 0.15) is 0 Å². The molecule has 0 bridgehead atoms. The van der Waals surface area contributed by atoms with Crippen LogP contribution in [-0.2, 0) is 11.3 Å². The van der Waals surface area contributed by atoms with Gasteiger partial charge < -0.3 is 5.11 Å². The van der Waals surface area contributed by atoms with Gasteiger partial charge >= 0.3 is 5.97 Å². The van der Waals surface area contributed by atoms with Gasteiger partial charge in [-0.05, 0) is 6.07 Å². The SMILES string of the molecule is O=C(O)C[n+]1c[c]ccc1. The molecule has 0 unspecified atom stereocenters.